The predicted molar refractivity (Wildman–Crippen MR) is 65.1 cm³/mol. The molecule has 0 spiro atoms. The summed E-state index contributed by atoms with van der Waals surface area (Å²) in [4.78, 5) is 21.3. The fraction of sp³-hybridized carbons (Fsp3) is 0.636. The van der Waals surface area contributed by atoms with Gasteiger partial charge in [0.1, 0.15) is 0 Å². The Balaban J connectivity index is 3.92. The lowest BCUT2D eigenvalue weighted by molar-refractivity contribution is -0.142. The van der Waals surface area contributed by atoms with E-state index in [9.17, 15) is 9.59 Å². The van der Waals surface area contributed by atoms with E-state index in [1.165, 1.54) is 0 Å². The van der Waals surface area contributed by atoms with Gasteiger partial charge >= 0.3 is 11.9 Å². The molecular formula is C11H20O4Si. The average molecular weight is 244 g/mol. The van der Waals surface area contributed by atoms with Crippen molar-refractivity contribution in [2.45, 2.75) is 45.1 Å². The van der Waals surface area contributed by atoms with Crippen LogP contribution in [0.2, 0.25) is 25.7 Å². The van der Waals surface area contributed by atoms with E-state index in [0.717, 1.165) is 24.6 Å². The van der Waals surface area contributed by atoms with Crippen molar-refractivity contribution in [2.75, 3.05) is 0 Å². The molecule has 0 amide bonds. The maximum absolute atomic E-state index is 11.1. The number of rotatable bonds is 6. The molecule has 0 saturated carbocycles. The van der Waals surface area contributed by atoms with Crippen molar-refractivity contribution in [2.24, 2.45) is 0 Å². The maximum atomic E-state index is 11.1. The van der Waals surface area contributed by atoms with Crippen LogP contribution in [0.5, 0.6) is 0 Å². The summed E-state index contributed by atoms with van der Waals surface area (Å²) in [5.74, 6) is -1.74. The lowest BCUT2D eigenvalue weighted by atomic mass is 10.3. The van der Waals surface area contributed by atoms with Crippen molar-refractivity contribution in [1.29, 1.82) is 0 Å². The summed E-state index contributed by atoms with van der Waals surface area (Å²) < 4.78 is 5.03. The van der Waals surface area contributed by atoms with Gasteiger partial charge in [-0.1, -0.05) is 25.7 Å². The first-order valence-electron chi connectivity index (χ1n) is 5.32. The van der Waals surface area contributed by atoms with Crippen LogP contribution in [0, 0.1) is 0 Å². The van der Waals surface area contributed by atoms with Crippen LogP contribution in [-0.2, 0) is 14.3 Å². The number of carboxylic acids is 1. The highest BCUT2D eigenvalue weighted by Gasteiger charge is 2.16. The van der Waals surface area contributed by atoms with E-state index in [1.54, 1.807) is 0 Å². The summed E-state index contributed by atoms with van der Waals surface area (Å²) in [6, 6.07) is 1.09. The highest BCUT2D eigenvalue weighted by atomic mass is 28.3. The monoisotopic (exact) mass is 244 g/mol. The molecule has 0 aromatic carbocycles. The zero-order valence-corrected chi connectivity index (χ0v) is 11.3. The number of hydrogen-bond acceptors (Lipinski definition) is 3. The fourth-order valence-corrected chi connectivity index (χ4v) is 2.34. The van der Waals surface area contributed by atoms with Crippen molar-refractivity contribution in [3.8, 4) is 0 Å². The molecular weight excluding hydrogens is 224 g/mol. The third kappa shape index (κ3) is 9.45. The first-order valence-corrected chi connectivity index (χ1v) is 9.03. The number of ether oxygens (including phenoxy) is 1. The summed E-state index contributed by atoms with van der Waals surface area (Å²) in [5, 5.41) is 8.32. The molecule has 0 radical (unpaired) electrons. The Hall–Kier alpha value is -1.10. The minimum atomic E-state index is -1.15. The Labute approximate surface area is 97.3 Å². The number of carbonyl (C=O) groups is 2. The van der Waals surface area contributed by atoms with Crippen LogP contribution in [0.1, 0.15) is 13.3 Å². The molecule has 0 aliphatic heterocycles. The second kappa shape index (κ2) is 6.47. The molecule has 0 heterocycles. The lowest BCUT2D eigenvalue weighted by Crippen LogP contribution is -2.23. The molecule has 0 aromatic rings. The number of hydrogen-bond donors (Lipinski definition) is 1. The Morgan fingerprint density at radius 3 is 2.31 bits per heavy atom. The minimum Gasteiger partial charge on any atom is -0.478 e. The molecule has 5 heteroatoms. The molecule has 16 heavy (non-hydrogen) atoms. The quantitative estimate of drug-likeness (QED) is 0.442. The van der Waals surface area contributed by atoms with Crippen LogP contribution in [0.15, 0.2) is 12.2 Å². The van der Waals surface area contributed by atoms with Gasteiger partial charge in [-0.3, -0.25) is 0 Å². The van der Waals surface area contributed by atoms with Crippen molar-refractivity contribution in [1.82, 2.24) is 0 Å². The molecule has 0 rings (SSSR count). The van der Waals surface area contributed by atoms with Gasteiger partial charge in [0.05, 0.1) is 6.10 Å². The molecule has 0 fully saturated rings. The number of esters is 1. The molecule has 0 aliphatic carbocycles. The summed E-state index contributed by atoms with van der Waals surface area (Å²) in [6.07, 6.45) is 2.40. The van der Waals surface area contributed by atoms with Crippen LogP contribution >= 0.6 is 0 Å². The SMILES string of the molecule is CC(CC[Si](C)(C)C)OC(=O)C=CC(=O)O. The molecule has 1 atom stereocenters. The molecule has 1 unspecified atom stereocenters. The Kier molecular flexibility index (Phi) is 6.03. The van der Waals surface area contributed by atoms with Crippen molar-refractivity contribution in [3.05, 3.63) is 12.2 Å². The molecule has 0 bridgehead atoms. The van der Waals surface area contributed by atoms with Crippen LogP contribution in [0.3, 0.4) is 0 Å². The summed E-state index contributed by atoms with van der Waals surface area (Å²) in [7, 11) is -1.11. The largest absolute Gasteiger partial charge is 0.478 e. The van der Waals surface area contributed by atoms with Crippen LogP contribution in [-0.4, -0.2) is 31.2 Å². The van der Waals surface area contributed by atoms with E-state index in [1.807, 2.05) is 6.92 Å². The van der Waals surface area contributed by atoms with Crippen molar-refractivity contribution >= 4 is 20.0 Å². The normalized spacial score (nSPS) is 13.8. The van der Waals surface area contributed by atoms with Gasteiger partial charge in [0.25, 0.3) is 0 Å². The van der Waals surface area contributed by atoms with Gasteiger partial charge in [-0.15, -0.1) is 0 Å². The zero-order chi connectivity index (χ0) is 12.8. The highest BCUT2D eigenvalue weighted by molar-refractivity contribution is 6.76. The molecule has 0 saturated heterocycles. The summed E-state index contributed by atoms with van der Waals surface area (Å²) >= 11 is 0. The van der Waals surface area contributed by atoms with E-state index in [-0.39, 0.29) is 6.10 Å². The number of carbonyl (C=O) groups excluding carboxylic acids is 1. The van der Waals surface area contributed by atoms with E-state index < -0.39 is 20.0 Å². The van der Waals surface area contributed by atoms with E-state index in [2.05, 4.69) is 19.6 Å². The molecule has 4 nitrogen and oxygen atoms in total. The van der Waals surface area contributed by atoms with E-state index >= 15 is 0 Å². The fourth-order valence-electron chi connectivity index (χ4n) is 1.07. The zero-order valence-electron chi connectivity index (χ0n) is 10.3. The number of carboxylic acid groups (broad SMARTS) is 1. The van der Waals surface area contributed by atoms with Gasteiger partial charge in [-0.2, -0.15) is 0 Å². The first-order chi connectivity index (χ1) is 7.20. The van der Waals surface area contributed by atoms with E-state index in [0.29, 0.717) is 0 Å². The molecule has 0 aliphatic rings. The maximum Gasteiger partial charge on any atom is 0.331 e. The standard InChI is InChI=1S/C11H20O4Si/c1-9(7-8-16(2,3)4)15-11(14)6-5-10(12)13/h5-6,9H,7-8H2,1-4H3,(H,12,13). The van der Waals surface area contributed by atoms with Crippen LogP contribution in [0.4, 0.5) is 0 Å². The average Bonchev–Trinajstić information content (AvgIpc) is 2.10. The first kappa shape index (κ1) is 14.9. The molecule has 1 N–H and O–H groups in total. The summed E-state index contributed by atoms with van der Waals surface area (Å²) in [5.41, 5.74) is 0. The van der Waals surface area contributed by atoms with Gasteiger partial charge in [-0.25, -0.2) is 9.59 Å². The van der Waals surface area contributed by atoms with Crippen molar-refractivity contribution < 1.29 is 19.4 Å². The molecule has 0 aromatic heterocycles. The summed E-state index contributed by atoms with van der Waals surface area (Å²) in [6.45, 7) is 8.59. The van der Waals surface area contributed by atoms with Crippen LogP contribution in [0.25, 0.3) is 0 Å². The Morgan fingerprint density at radius 1 is 1.31 bits per heavy atom. The highest BCUT2D eigenvalue weighted by Crippen LogP contribution is 2.14. The van der Waals surface area contributed by atoms with Gasteiger partial charge in [-0.05, 0) is 13.3 Å². The number of aliphatic carboxylic acids is 1. The van der Waals surface area contributed by atoms with Gasteiger partial charge < -0.3 is 9.84 Å². The lowest BCUT2D eigenvalue weighted by Gasteiger charge is -2.18. The Morgan fingerprint density at radius 2 is 1.88 bits per heavy atom. The van der Waals surface area contributed by atoms with Gasteiger partial charge in [0, 0.05) is 20.2 Å². The third-order valence-electron chi connectivity index (χ3n) is 1.98. The Bertz CT molecular complexity index is 278. The third-order valence-corrected chi connectivity index (χ3v) is 3.77. The second-order valence-electron chi connectivity index (χ2n) is 5.02. The topological polar surface area (TPSA) is 63.6 Å². The predicted octanol–water partition coefficient (Wildman–Crippen LogP) is 2.29. The van der Waals surface area contributed by atoms with Crippen molar-refractivity contribution in [3.63, 3.8) is 0 Å². The minimum absolute atomic E-state index is 0.155. The van der Waals surface area contributed by atoms with Crippen LogP contribution < -0.4 is 0 Å². The van der Waals surface area contributed by atoms with Gasteiger partial charge in [0.2, 0.25) is 0 Å². The smallest absolute Gasteiger partial charge is 0.331 e. The molecule has 92 valence electrons. The second-order valence-corrected chi connectivity index (χ2v) is 10.6. The van der Waals surface area contributed by atoms with E-state index in [4.69, 9.17) is 9.84 Å². The van der Waals surface area contributed by atoms with Gasteiger partial charge in [0.15, 0.2) is 0 Å².